The molecule has 0 bridgehead atoms. The molecular formula is C30H30FN3O2. The van der Waals surface area contributed by atoms with E-state index in [9.17, 15) is 5.11 Å². The fraction of sp³-hybridized carbons (Fsp3) is 0.333. The first-order valence-corrected chi connectivity index (χ1v) is 12.5. The minimum atomic E-state index is -1.37. The zero-order valence-corrected chi connectivity index (χ0v) is 21.0. The molecular weight excluding hydrogens is 453 g/mol. The van der Waals surface area contributed by atoms with Gasteiger partial charge in [-0.2, -0.15) is 0 Å². The van der Waals surface area contributed by atoms with Crippen molar-refractivity contribution in [3.8, 4) is 11.1 Å². The Hall–Kier alpha value is -3.51. The number of fused-ring (bicyclic) bond motifs is 3. The number of pyridine rings is 1. The SMILES string of the molecule is Cc1noc(C)c1-c1cnc2c3ccc(C(C)(C)O)cc3n([C@H](c3ccccc3)C3(F)CCC3)c2c1. The van der Waals surface area contributed by atoms with Gasteiger partial charge in [-0.1, -0.05) is 47.6 Å². The number of aromatic nitrogens is 3. The third kappa shape index (κ3) is 3.46. The number of halogens is 1. The molecule has 0 unspecified atom stereocenters. The van der Waals surface area contributed by atoms with E-state index in [-0.39, 0.29) is 0 Å². The molecule has 1 fully saturated rings. The van der Waals surface area contributed by atoms with Crippen molar-refractivity contribution in [1.82, 2.24) is 14.7 Å². The maximum atomic E-state index is 16.6. The second-order valence-corrected chi connectivity index (χ2v) is 10.7. The summed E-state index contributed by atoms with van der Waals surface area (Å²) in [5.41, 5.74) is 4.42. The summed E-state index contributed by atoms with van der Waals surface area (Å²) in [5, 5.41) is 15.9. The van der Waals surface area contributed by atoms with Crippen LogP contribution in [0.2, 0.25) is 0 Å². The molecule has 0 saturated heterocycles. The molecule has 0 radical (unpaired) electrons. The molecule has 3 aromatic heterocycles. The monoisotopic (exact) mass is 483 g/mol. The lowest BCUT2D eigenvalue weighted by Gasteiger charge is -2.42. The Morgan fingerprint density at radius 3 is 2.42 bits per heavy atom. The van der Waals surface area contributed by atoms with Crippen LogP contribution in [0.25, 0.3) is 33.1 Å². The normalized spacial score (nSPS) is 16.4. The molecule has 5 aromatic rings. The zero-order chi connectivity index (χ0) is 25.2. The van der Waals surface area contributed by atoms with Gasteiger partial charge in [0.2, 0.25) is 0 Å². The second-order valence-electron chi connectivity index (χ2n) is 10.7. The first kappa shape index (κ1) is 22.9. The highest BCUT2D eigenvalue weighted by Gasteiger charge is 2.47. The highest BCUT2D eigenvalue weighted by molar-refractivity contribution is 6.07. The van der Waals surface area contributed by atoms with Gasteiger partial charge in [0.1, 0.15) is 11.4 Å². The molecule has 3 heterocycles. The predicted octanol–water partition coefficient (Wildman–Crippen LogP) is 7.17. The summed E-state index contributed by atoms with van der Waals surface area (Å²) in [6, 6.07) is 17.4. The van der Waals surface area contributed by atoms with E-state index in [0.717, 1.165) is 62.1 Å². The lowest BCUT2D eigenvalue weighted by molar-refractivity contribution is 0.0242. The van der Waals surface area contributed by atoms with Crippen LogP contribution < -0.4 is 0 Å². The molecule has 1 atom stereocenters. The Bertz CT molecular complexity index is 1570. The standard InChI is InChI=1S/C30H30FN3O2/c1-18-26(19(2)36-33-18)21-15-25-27(32-17-21)23-12-11-22(29(3,4)35)16-24(23)34(25)28(30(31)13-8-14-30)20-9-6-5-7-10-20/h5-7,9-12,15-17,28,35H,8,13-14H2,1-4H3/t28-/m1/s1. The average molecular weight is 484 g/mol. The van der Waals surface area contributed by atoms with Crippen LogP contribution in [0.4, 0.5) is 4.39 Å². The predicted molar refractivity (Wildman–Crippen MR) is 140 cm³/mol. The van der Waals surface area contributed by atoms with Crippen molar-refractivity contribution in [3.05, 3.63) is 83.4 Å². The number of rotatable bonds is 5. The van der Waals surface area contributed by atoms with E-state index >= 15 is 4.39 Å². The Labute approximate surface area is 209 Å². The molecule has 0 amide bonds. The van der Waals surface area contributed by atoms with E-state index in [0.29, 0.717) is 12.8 Å². The van der Waals surface area contributed by atoms with Crippen LogP contribution in [-0.4, -0.2) is 25.5 Å². The van der Waals surface area contributed by atoms with Crippen LogP contribution in [-0.2, 0) is 5.60 Å². The fourth-order valence-corrected chi connectivity index (χ4v) is 5.70. The first-order valence-electron chi connectivity index (χ1n) is 12.5. The summed E-state index contributed by atoms with van der Waals surface area (Å²) < 4.78 is 24.1. The Morgan fingerprint density at radius 2 is 1.81 bits per heavy atom. The van der Waals surface area contributed by atoms with Gasteiger partial charge in [0.25, 0.3) is 0 Å². The molecule has 1 N–H and O–H groups in total. The summed E-state index contributed by atoms with van der Waals surface area (Å²) in [7, 11) is 0. The quantitative estimate of drug-likeness (QED) is 0.288. The van der Waals surface area contributed by atoms with Crippen LogP contribution in [0.15, 0.2) is 65.3 Å². The Kier molecular flexibility index (Phi) is 5.09. The van der Waals surface area contributed by atoms with Gasteiger partial charge in [-0.05, 0) is 70.2 Å². The van der Waals surface area contributed by atoms with Crippen molar-refractivity contribution < 1.29 is 14.0 Å². The summed E-state index contributed by atoms with van der Waals surface area (Å²) in [5.74, 6) is 0.723. The molecule has 0 aliphatic heterocycles. The van der Waals surface area contributed by atoms with Crippen LogP contribution in [0.3, 0.4) is 0 Å². The summed E-state index contributed by atoms with van der Waals surface area (Å²) >= 11 is 0. The van der Waals surface area contributed by atoms with Gasteiger partial charge in [-0.15, -0.1) is 0 Å². The van der Waals surface area contributed by atoms with Crippen molar-refractivity contribution in [1.29, 1.82) is 0 Å². The minimum absolute atomic E-state index is 0.510. The average Bonchev–Trinajstić information content (AvgIpc) is 3.34. The molecule has 36 heavy (non-hydrogen) atoms. The smallest absolute Gasteiger partial charge is 0.141 e. The van der Waals surface area contributed by atoms with E-state index in [4.69, 9.17) is 9.51 Å². The molecule has 1 aliphatic carbocycles. The molecule has 1 aliphatic rings. The lowest BCUT2D eigenvalue weighted by atomic mass is 9.73. The largest absolute Gasteiger partial charge is 0.386 e. The minimum Gasteiger partial charge on any atom is -0.386 e. The van der Waals surface area contributed by atoms with Gasteiger partial charge < -0.3 is 14.2 Å². The highest BCUT2D eigenvalue weighted by atomic mass is 19.1. The van der Waals surface area contributed by atoms with E-state index in [1.807, 2.05) is 68.6 Å². The molecule has 2 aromatic carbocycles. The van der Waals surface area contributed by atoms with E-state index in [1.54, 1.807) is 13.8 Å². The molecule has 6 rings (SSSR count). The number of alkyl halides is 1. The van der Waals surface area contributed by atoms with Crippen LogP contribution in [0, 0.1) is 13.8 Å². The van der Waals surface area contributed by atoms with Crippen LogP contribution >= 0.6 is 0 Å². The van der Waals surface area contributed by atoms with E-state index in [2.05, 4.69) is 15.8 Å². The van der Waals surface area contributed by atoms with Gasteiger partial charge >= 0.3 is 0 Å². The van der Waals surface area contributed by atoms with Crippen molar-refractivity contribution >= 4 is 21.9 Å². The summed E-state index contributed by atoms with van der Waals surface area (Å²) in [6.07, 6.45) is 3.73. The van der Waals surface area contributed by atoms with Crippen molar-refractivity contribution in [2.24, 2.45) is 0 Å². The highest BCUT2D eigenvalue weighted by Crippen LogP contribution is 2.50. The summed E-state index contributed by atoms with van der Waals surface area (Å²) in [4.78, 5) is 4.89. The molecule has 184 valence electrons. The molecule has 5 nitrogen and oxygen atoms in total. The maximum Gasteiger partial charge on any atom is 0.141 e. The van der Waals surface area contributed by atoms with E-state index in [1.165, 1.54) is 0 Å². The van der Waals surface area contributed by atoms with Gasteiger partial charge in [-0.3, -0.25) is 4.98 Å². The lowest BCUT2D eigenvalue weighted by Crippen LogP contribution is -2.42. The van der Waals surface area contributed by atoms with Crippen molar-refractivity contribution in [2.45, 2.75) is 64.3 Å². The first-order chi connectivity index (χ1) is 17.2. The molecule has 6 heteroatoms. The maximum absolute atomic E-state index is 16.6. The van der Waals surface area contributed by atoms with Gasteiger partial charge in [0.15, 0.2) is 0 Å². The number of aryl methyl sites for hydroxylation is 2. The second kappa shape index (κ2) is 8.00. The van der Waals surface area contributed by atoms with Crippen LogP contribution in [0.1, 0.15) is 61.7 Å². The number of nitrogens with zero attached hydrogens (tertiary/aromatic N) is 3. The van der Waals surface area contributed by atoms with Gasteiger partial charge in [0, 0.05) is 22.7 Å². The number of benzene rings is 2. The van der Waals surface area contributed by atoms with Crippen molar-refractivity contribution in [3.63, 3.8) is 0 Å². The van der Waals surface area contributed by atoms with Gasteiger partial charge in [-0.25, -0.2) is 4.39 Å². The third-order valence-corrected chi connectivity index (χ3v) is 7.72. The fourth-order valence-electron chi connectivity index (χ4n) is 5.70. The Morgan fingerprint density at radius 1 is 1.06 bits per heavy atom. The Balaban J connectivity index is 1.72. The van der Waals surface area contributed by atoms with Gasteiger partial charge in [0.05, 0.1) is 33.9 Å². The van der Waals surface area contributed by atoms with E-state index < -0.39 is 17.3 Å². The molecule has 1 saturated carbocycles. The number of aliphatic hydroxyl groups is 1. The zero-order valence-electron chi connectivity index (χ0n) is 21.0. The third-order valence-electron chi connectivity index (χ3n) is 7.72. The van der Waals surface area contributed by atoms with Crippen molar-refractivity contribution in [2.75, 3.05) is 0 Å². The number of hydrogen-bond acceptors (Lipinski definition) is 4. The molecule has 0 spiro atoms. The number of hydrogen-bond donors (Lipinski definition) is 1. The summed E-state index contributed by atoms with van der Waals surface area (Å²) in [6.45, 7) is 7.35. The van der Waals surface area contributed by atoms with Crippen LogP contribution in [0.5, 0.6) is 0 Å². The topological polar surface area (TPSA) is 64.1 Å².